The Morgan fingerprint density at radius 2 is 1.46 bits per heavy atom. The van der Waals surface area contributed by atoms with E-state index in [1.165, 1.54) is 0 Å². The Bertz CT molecular complexity index is 938. The number of benzene rings is 3. The van der Waals surface area contributed by atoms with E-state index < -0.39 is 5.60 Å². The number of phenolic OH excluding ortho intramolecular Hbond substituents is 1. The van der Waals surface area contributed by atoms with E-state index in [0.29, 0.717) is 24.2 Å². The van der Waals surface area contributed by atoms with Crippen molar-refractivity contribution < 1.29 is 14.6 Å². The van der Waals surface area contributed by atoms with E-state index in [1.807, 2.05) is 74.5 Å². The molecule has 0 radical (unpaired) electrons. The van der Waals surface area contributed by atoms with Gasteiger partial charge in [-0.15, -0.1) is 0 Å². The molecule has 0 bridgehead atoms. The summed E-state index contributed by atoms with van der Waals surface area (Å²) < 4.78 is 6.24. The first-order chi connectivity index (χ1) is 13.6. The highest BCUT2D eigenvalue weighted by molar-refractivity contribution is 5.79. The van der Waals surface area contributed by atoms with Crippen molar-refractivity contribution in [3.05, 3.63) is 100 Å². The Kier molecular flexibility index (Phi) is 5.96. The van der Waals surface area contributed by atoms with Gasteiger partial charge in [-0.25, -0.2) is 0 Å². The van der Waals surface area contributed by atoms with Crippen LogP contribution < -0.4 is 0 Å². The van der Waals surface area contributed by atoms with Crippen LogP contribution in [0.15, 0.2) is 66.7 Å². The maximum Gasteiger partial charge on any atom is 0.150 e. The third-order valence-electron chi connectivity index (χ3n) is 5.39. The molecule has 1 unspecified atom stereocenters. The van der Waals surface area contributed by atoms with Gasteiger partial charge in [0.1, 0.15) is 17.6 Å². The van der Waals surface area contributed by atoms with Crippen LogP contribution in [0.25, 0.3) is 0 Å². The minimum Gasteiger partial charge on any atom is -0.507 e. The van der Waals surface area contributed by atoms with Crippen LogP contribution in [-0.4, -0.2) is 18.5 Å². The minimum absolute atomic E-state index is 0.343. The molecule has 0 saturated heterocycles. The van der Waals surface area contributed by atoms with E-state index in [1.54, 1.807) is 13.2 Å². The van der Waals surface area contributed by atoms with E-state index >= 15 is 0 Å². The Balaban J connectivity index is 2.43. The van der Waals surface area contributed by atoms with Crippen molar-refractivity contribution in [1.29, 1.82) is 0 Å². The van der Waals surface area contributed by atoms with Crippen molar-refractivity contribution >= 4 is 6.29 Å². The Morgan fingerprint density at radius 3 is 2.00 bits per heavy atom. The number of hydrogen-bond acceptors (Lipinski definition) is 3. The van der Waals surface area contributed by atoms with E-state index in [0.717, 1.165) is 34.1 Å². The molecule has 0 aromatic heterocycles. The number of carbonyl (C=O) groups is 1. The van der Waals surface area contributed by atoms with Crippen molar-refractivity contribution in [2.45, 2.75) is 32.3 Å². The second-order valence-corrected chi connectivity index (χ2v) is 6.81. The molecule has 1 N–H and O–H groups in total. The summed E-state index contributed by atoms with van der Waals surface area (Å²) in [7, 11) is 1.67. The topological polar surface area (TPSA) is 46.5 Å². The second kappa shape index (κ2) is 8.41. The fourth-order valence-electron chi connectivity index (χ4n) is 3.92. The maximum atomic E-state index is 11.9. The standard InChI is InChI=1S/C25H26O3/c1-4-18-15-22(16-19(5-2)24(18)27)25(28-3,21-12-7-6-8-13-21)23-14-10-9-11-20(23)17-26/h6-17,27H,4-5H2,1-3H3. The summed E-state index contributed by atoms with van der Waals surface area (Å²) in [6.07, 6.45) is 2.28. The highest BCUT2D eigenvalue weighted by Crippen LogP contribution is 2.43. The summed E-state index contributed by atoms with van der Waals surface area (Å²) in [5.74, 6) is 0.343. The summed E-state index contributed by atoms with van der Waals surface area (Å²) in [6.45, 7) is 4.04. The molecule has 0 aliphatic heterocycles. The molecule has 0 spiro atoms. The zero-order chi connectivity index (χ0) is 20.1. The average molecular weight is 374 g/mol. The summed E-state index contributed by atoms with van der Waals surface area (Å²) >= 11 is 0. The number of ether oxygens (including phenoxy) is 1. The van der Waals surface area contributed by atoms with Crippen LogP contribution in [-0.2, 0) is 23.2 Å². The van der Waals surface area contributed by atoms with E-state index in [-0.39, 0.29) is 0 Å². The van der Waals surface area contributed by atoms with E-state index in [4.69, 9.17) is 4.74 Å². The van der Waals surface area contributed by atoms with Crippen molar-refractivity contribution in [3.63, 3.8) is 0 Å². The number of methoxy groups -OCH3 is 1. The van der Waals surface area contributed by atoms with Crippen molar-refractivity contribution in [2.24, 2.45) is 0 Å². The number of hydrogen-bond donors (Lipinski definition) is 1. The highest BCUT2D eigenvalue weighted by Gasteiger charge is 2.39. The first kappa shape index (κ1) is 19.8. The quantitative estimate of drug-likeness (QED) is 0.453. The Labute approximate surface area is 166 Å². The average Bonchev–Trinajstić information content (AvgIpc) is 2.76. The van der Waals surface area contributed by atoms with Gasteiger partial charge in [0.2, 0.25) is 0 Å². The van der Waals surface area contributed by atoms with Gasteiger partial charge in [0.15, 0.2) is 0 Å². The third kappa shape index (κ3) is 3.23. The zero-order valence-corrected chi connectivity index (χ0v) is 16.6. The molecule has 0 amide bonds. The molecular weight excluding hydrogens is 348 g/mol. The van der Waals surface area contributed by atoms with Gasteiger partial charge in [-0.1, -0.05) is 68.4 Å². The Morgan fingerprint density at radius 1 is 0.893 bits per heavy atom. The van der Waals surface area contributed by atoms with Crippen LogP contribution in [0.5, 0.6) is 5.75 Å². The zero-order valence-electron chi connectivity index (χ0n) is 16.6. The second-order valence-electron chi connectivity index (χ2n) is 6.81. The molecule has 0 heterocycles. The van der Waals surface area contributed by atoms with Gasteiger partial charge in [0.05, 0.1) is 0 Å². The van der Waals surface area contributed by atoms with Crippen molar-refractivity contribution in [1.82, 2.24) is 0 Å². The SMILES string of the molecule is CCc1cc(C(OC)(c2ccccc2)c2ccccc2C=O)cc(CC)c1O. The molecule has 0 saturated carbocycles. The smallest absolute Gasteiger partial charge is 0.150 e. The normalized spacial score (nSPS) is 13.1. The monoisotopic (exact) mass is 374 g/mol. The van der Waals surface area contributed by atoms with Crippen LogP contribution in [0.2, 0.25) is 0 Å². The van der Waals surface area contributed by atoms with Crippen LogP contribution in [0.1, 0.15) is 52.0 Å². The fraction of sp³-hybridized carbons (Fsp3) is 0.240. The highest BCUT2D eigenvalue weighted by atomic mass is 16.5. The van der Waals surface area contributed by atoms with Gasteiger partial charge < -0.3 is 9.84 Å². The lowest BCUT2D eigenvalue weighted by Gasteiger charge is -2.36. The predicted molar refractivity (Wildman–Crippen MR) is 112 cm³/mol. The van der Waals surface area contributed by atoms with Gasteiger partial charge in [-0.05, 0) is 47.2 Å². The van der Waals surface area contributed by atoms with E-state index in [9.17, 15) is 9.90 Å². The first-order valence-corrected chi connectivity index (χ1v) is 9.62. The molecule has 3 aromatic rings. The number of rotatable bonds is 7. The molecule has 3 nitrogen and oxygen atoms in total. The maximum absolute atomic E-state index is 11.9. The van der Waals surface area contributed by atoms with Gasteiger partial charge in [-0.2, -0.15) is 0 Å². The largest absolute Gasteiger partial charge is 0.507 e. The molecule has 0 aliphatic carbocycles. The van der Waals surface area contributed by atoms with Crippen LogP contribution in [0, 0.1) is 0 Å². The van der Waals surface area contributed by atoms with Gasteiger partial charge >= 0.3 is 0 Å². The van der Waals surface area contributed by atoms with Gasteiger partial charge in [0.25, 0.3) is 0 Å². The molecular formula is C25H26O3. The van der Waals surface area contributed by atoms with Crippen molar-refractivity contribution in [2.75, 3.05) is 7.11 Å². The van der Waals surface area contributed by atoms with Crippen LogP contribution in [0.3, 0.4) is 0 Å². The molecule has 0 fully saturated rings. The molecule has 28 heavy (non-hydrogen) atoms. The Hall–Kier alpha value is -2.91. The number of aldehydes is 1. The summed E-state index contributed by atoms with van der Waals surface area (Å²) in [6, 6.07) is 21.4. The summed E-state index contributed by atoms with van der Waals surface area (Å²) in [5, 5.41) is 10.6. The third-order valence-corrected chi connectivity index (χ3v) is 5.39. The lowest BCUT2D eigenvalue weighted by Crippen LogP contribution is -2.33. The number of aryl methyl sites for hydroxylation is 2. The predicted octanol–water partition coefficient (Wildman–Crippen LogP) is 5.27. The number of carbonyl (C=O) groups excluding carboxylic acids is 1. The molecule has 3 aromatic carbocycles. The summed E-state index contributed by atoms with van der Waals surface area (Å²) in [4.78, 5) is 11.9. The van der Waals surface area contributed by atoms with Gasteiger partial charge in [-0.3, -0.25) is 4.79 Å². The molecule has 3 rings (SSSR count). The number of aromatic hydroxyl groups is 1. The van der Waals surface area contributed by atoms with Crippen LogP contribution >= 0.6 is 0 Å². The first-order valence-electron chi connectivity index (χ1n) is 9.62. The van der Waals surface area contributed by atoms with Crippen LogP contribution in [0.4, 0.5) is 0 Å². The molecule has 3 heteroatoms. The lowest BCUT2D eigenvalue weighted by molar-refractivity contribution is 0.0575. The lowest BCUT2D eigenvalue weighted by atomic mass is 9.77. The fourth-order valence-corrected chi connectivity index (χ4v) is 3.92. The summed E-state index contributed by atoms with van der Waals surface area (Å²) in [5.41, 5.74) is 3.99. The molecule has 144 valence electrons. The van der Waals surface area contributed by atoms with Gasteiger partial charge in [0, 0.05) is 18.2 Å². The molecule has 1 atom stereocenters. The van der Waals surface area contributed by atoms with E-state index in [2.05, 4.69) is 0 Å². The number of phenols is 1. The van der Waals surface area contributed by atoms with Crippen molar-refractivity contribution in [3.8, 4) is 5.75 Å². The molecule has 0 aliphatic rings. The minimum atomic E-state index is -0.958.